The third-order valence-electron chi connectivity index (χ3n) is 1.99. The zero-order valence-corrected chi connectivity index (χ0v) is 12.8. The maximum atomic E-state index is 10.7. The summed E-state index contributed by atoms with van der Waals surface area (Å²) >= 11 is 0. The van der Waals surface area contributed by atoms with Crippen LogP contribution in [-0.4, -0.2) is 13.0 Å². The average Bonchev–Trinajstić information content (AvgIpc) is 2.24. The first kappa shape index (κ1) is 16.6. The summed E-state index contributed by atoms with van der Waals surface area (Å²) in [5.41, 5.74) is 0.872. The summed E-state index contributed by atoms with van der Waals surface area (Å²) in [7, 11) is -4.33. The van der Waals surface area contributed by atoms with Gasteiger partial charge in [0, 0.05) is 0 Å². The molecule has 1 aromatic carbocycles. The molecule has 1 aromatic rings. The largest absolute Gasteiger partial charge is 1.00 e. The molecule has 0 aliphatic rings. The van der Waals surface area contributed by atoms with Gasteiger partial charge in [0.1, 0.15) is 10.1 Å². The normalized spacial score (nSPS) is 11.9. The molecular weight excluding hydrogens is 247 g/mol. The van der Waals surface area contributed by atoms with Crippen molar-refractivity contribution in [1.82, 2.24) is 0 Å². The van der Waals surface area contributed by atoms with Gasteiger partial charge in [-0.3, -0.25) is 0 Å². The first-order valence-corrected chi connectivity index (χ1v) is 6.28. The molecule has 0 N–H and O–H groups in total. The van der Waals surface area contributed by atoms with E-state index in [0.29, 0.717) is 0 Å². The van der Waals surface area contributed by atoms with Gasteiger partial charge in [-0.15, -0.1) is 0 Å². The van der Waals surface area contributed by atoms with E-state index in [-0.39, 0.29) is 34.5 Å². The zero-order chi connectivity index (χ0) is 12.0. The molecule has 17 heavy (non-hydrogen) atoms. The molecule has 1 rings (SSSR count). The minimum Gasteiger partial charge on any atom is -0.744 e. The van der Waals surface area contributed by atoms with Crippen molar-refractivity contribution in [2.24, 2.45) is 0 Å². The van der Waals surface area contributed by atoms with Crippen LogP contribution in [0, 0.1) is 0 Å². The molecule has 0 spiro atoms. The van der Waals surface area contributed by atoms with Gasteiger partial charge in [-0.1, -0.05) is 36.4 Å². The molecule has 0 unspecified atom stereocenters. The maximum Gasteiger partial charge on any atom is 1.00 e. The van der Waals surface area contributed by atoms with Crippen molar-refractivity contribution in [2.75, 3.05) is 0 Å². The first-order chi connectivity index (χ1) is 7.54. The van der Waals surface area contributed by atoms with Crippen LogP contribution in [0.1, 0.15) is 18.9 Å². The van der Waals surface area contributed by atoms with Crippen LogP contribution in [0.25, 0.3) is 6.08 Å². The molecule has 0 fully saturated rings. The topological polar surface area (TPSA) is 57.2 Å². The molecule has 0 atom stereocenters. The number of benzene rings is 1. The molecular formula is C12H13NaO3S. The van der Waals surface area contributed by atoms with E-state index in [4.69, 9.17) is 0 Å². The van der Waals surface area contributed by atoms with Gasteiger partial charge < -0.3 is 4.55 Å². The number of rotatable bonds is 4. The number of allylic oxidation sites excluding steroid dienone is 3. The molecule has 0 saturated carbocycles. The van der Waals surface area contributed by atoms with Gasteiger partial charge in [0.05, 0.1) is 4.90 Å². The van der Waals surface area contributed by atoms with Gasteiger partial charge in [0.25, 0.3) is 0 Å². The molecule has 0 radical (unpaired) electrons. The van der Waals surface area contributed by atoms with Crippen LogP contribution < -0.4 is 29.6 Å². The molecule has 0 saturated heterocycles. The van der Waals surface area contributed by atoms with Crippen molar-refractivity contribution in [3.63, 3.8) is 0 Å². The Kier molecular flexibility index (Phi) is 7.66. The van der Waals surface area contributed by atoms with E-state index in [9.17, 15) is 13.0 Å². The van der Waals surface area contributed by atoms with Gasteiger partial charge in [0.2, 0.25) is 0 Å². The van der Waals surface area contributed by atoms with Crippen LogP contribution in [-0.2, 0) is 10.1 Å². The average molecular weight is 260 g/mol. The quantitative estimate of drug-likeness (QED) is 0.419. The fraction of sp³-hybridized carbons (Fsp3) is 0.167. The van der Waals surface area contributed by atoms with Crippen LogP contribution in [0.3, 0.4) is 0 Å². The monoisotopic (exact) mass is 260 g/mol. The predicted molar refractivity (Wildman–Crippen MR) is 62.9 cm³/mol. The van der Waals surface area contributed by atoms with Gasteiger partial charge in [-0.2, -0.15) is 0 Å². The fourth-order valence-electron chi connectivity index (χ4n) is 1.16. The van der Waals surface area contributed by atoms with Crippen molar-refractivity contribution in [3.8, 4) is 0 Å². The zero-order valence-electron chi connectivity index (χ0n) is 9.96. The molecule has 3 nitrogen and oxygen atoms in total. The summed E-state index contributed by atoms with van der Waals surface area (Å²) in [5, 5.41) is 0. The predicted octanol–water partition coefficient (Wildman–Crippen LogP) is -0.426. The molecule has 0 bridgehead atoms. The Morgan fingerprint density at radius 2 is 1.76 bits per heavy atom. The Balaban J connectivity index is 0.00000256. The summed E-state index contributed by atoms with van der Waals surface area (Å²) < 4.78 is 32.0. The van der Waals surface area contributed by atoms with Crippen LogP contribution >= 0.6 is 0 Å². The van der Waals surface area contributed by atoms with Crippen LogP contribution in [0.5, 0.6) is 0 Å². The van der Waals surface area contributed by atoms with E-state index < -0.39 is 10.1 Å². The van der Waals surface area contributed by atoms with Crippen LogP contribution in [0.4, 0.5) is 0 Å². The van der Waals surface area contributed by atoms with Gasteiger partial charge >= 0.3 is 29.6 Å². The van der Waals surface area contributed by atoms with Crippen molar-refractivity contribution >= 4 is 16.2 Å². The van der Waals surface area contributed by atoms with Crippen molar-refractivity contribution in [3.05, 3.63) is 48.1 Å². The van der Waals surface area contributed by atoms with Gasteiger partial charge in [-0.25, -0.2) is 8.42 Å². The van der Waals surface area contributed by atoms with E-state index in [1.54, 1.807) is 12.1 Å². The van der Waals surface area contributed by atoms with E-state index in [2.05, 4.69) is 0 Å². The molecule has 0 aliphatic heterocycles. The van der Waals surface area contributed by atoms with E-state index in [1.807, 2.05) is 31.2 Å². The van der Waals surface area contributed by atoms with E-state index >= 15 is 0 Å². The van der Waals surface area contributed by atoms with Crippen LogP contribution in [0.15, 0.2) is 47.4 Å². The Labute approximate surface area is 124 Å². The van der Waals surface area contributed by atoms with Gasteiger partial charge in [-0.05, 0) is 31.0 Å². The Morgan fingerprint density at radius 3 is 2.24 bits per heavy atom. The van der Waals surface area contributed by atoms with Crippen molar-refractivity contribution in [1.29, 1.82) is 0 Å². The second-order valence-corrected chi connectivity index (χ2v) is 4.61. The molecule has 0 aliphatic carbocycles. The van der Waals surface area contributed by atoms with Crippen molar-refractivity contribution in [2.45, 2.75) is 18.2 Å². The van der Waals surface area contributed by atoms with Gasteiger partial charge in [0.15, 0.2) is 0 Å². The number of hydrogen-bond acceptors (Lipinski definition) is 3. The second kappa shape index (κ2) is 7.84. The Bertz CT molecular complexity index is 487. The maximum absolute atomic E-state index is 10.7. The Morgan fingerprint density at radius 1 is 1.18 bits per heavy atom. The summed E-state index contributed by atoms with van der Waals surface area (Å²) in [5.74, 6) is 0. The van der Waals surface area contributed by atoms with Crippen molar-refractivity contribution < 1.29 is 42.5 Å². The minimum absolute atomic E-state index is 0. The standard InChI is InChI=1S/C12H14O3S.Na/c1-2-3-4-5-6-11-7-9-12(10-8-11)16(13,14)15;/h2-3,5-10H,4H2,1H3,(H,13,14,15);/q;+1/p-1. The molecule has 0 aromatic heterocycles. The first-order valence-electron chi connectivity index (χ1n) is 4.87. The van der Waals surface area contributed by atoms with E-state index in [1.165, 1.54) is 12.1 Å². The van der Waals surface area contributed by atoms with Crippen LogP contribution in [0.2, 0.25) is 0 Å². The fourth-order valence-corrected chi connectivity index (χ4v) is 1.63. The number of hydrogen-bond donors (Lipinski definition) is 0. The third kappa shape index (κ3) is 6.19. The molecule has 86 valence electrons. The SMILES string of the molecule is CC=CCC=Cc1ccc(S(=O)(=O)[O-])cc1.[Na+]. The molecule has 0 heterocycles. The summed E-state index contributed by atoms with van der Waals surface area (Å²) in [6, 6.07) is 5.85. The smallest absolute Gasteiger partial charge is 0.744 e. The minimum atomic E-state index is -4.33. The summed E-state index contributed by atoms with van der Waals surface area (Å²) in [6.45, 7) is 1.95. The molecule has 0 amide bonds. The van der Waals surface area contributed by atoms with E-state index in [0.717, 1.165) is 12.0 Å². The third-order valence-corrected chi connectivity index (χ3v) is 2.84. The molecule has 5 heteroatoms. The summed E-state index contributed by atoms with van der Waals surface area (Å²) in [4.78, 5) is -0.196. The second-order valence-electron chi connectivity index (χ2n) is 3.23. The summed E-state index contributed by atoms with van der Waals surface area (Å²) in [6.07, 6.45) is 8.63. The Hall–Kier alpha value is -0.390.